The van der Waals surface area contributed by atoms with Crippen LogP contribution in [0.25, 0.3) is 0 Å². The molecule has 2 aliphatic rings. The van der Waals surface area contributed by atoms with E-state index in [1.54, 1.807) is 0 Å². The molecule has 0 saturated carbocycles. The molecule has 180 valence electrons. The summed E-state index contributed by atoms with van der Waals surface area (Å²) >= 11 is 0. The molecule has 2 heterocycles. The Bertz CT molecular complexity index is 1130. The van der Waals surface area contributed by atoms with E-state index in [0.717, 1.165) is 18.4 Å². The van der Waals surface area contributed by atoms with Crippen LogP contribution in [0.1, 0.15) is 31.4 Å². The number of morpholine rings is 1. The predicted octanol–water partition coefficient (Wildman–Crippen LogP) is 2.21. The number of sulfonamides is 2. The number of hydrogen-bond donors (Lipinski definition) is 1. The van der Waals surface area contributed by atoms with Gasteiger partial charge in [0.1, 0.15) is 0 Å². The Morgan fingerprint density at radius 3 is 2.00 bits per heavy atom. The summed E-state index contributed by atoms with van der Waals surface area (Å²) in [5.41, 5.74) is 1.03. The van der Waals surface area contributed by atoms with E-state index in [9.17, 15) is 16.8 Å². The minimum Gasteiger partial charge on any atom is -0.379 e. The normalized spacial score (nSPS) is 20.5. The SMILES string of the molecule is C[C@H](NS(=O)(=O)c1ccc(S(=O)(=O)N2CCCC2)cc1)[C@@H](c1ccccc1)N1CCOCC1. The summed E-state index contributed by atoms with van der Waals surface area (Å²) in [6.45, 7) is 5.51. The molecule has 0 unspecified atom stereocenters. The van der Waals surface area contributed by atoms with Crippen molar-refractivity contribution in [3.63, 3.8) is 0 Å². The lowest BCUT2D eigenvalue weighted by Crippen LogP contribution is -2.48. The Labute approximate surface area is 196 Å². The molecule has 0 spiro atoms. The van der Waals surface area contributed by atoms with Crippen LogP contribution in [-0.4, -0.2) is 71.5 Å². The standard InChI is InChI=1S/C23H31N3O5S2/c1-19(23(20-7-3-2-4-8-20)25-15-17-31-18-16-25)24-32(27,28)21-9-11-22(12-10-21)33(29,30)26-13-5-6-14-26/h2-4,7-12,19,23-24H,5-6,13-18H2,1H3/t19-,23-/m0/s1. The van der Waals surface area contributed by atoms with E-state index in [2.05, 4.69) is 9.62 Å². The summed E-state index contributed by atoms with van der Waals surface area (Å²) in [4.78, 5) is 2.40. The van der Waals surface area contributed by atoms with Gasteiger partial charge in [-0.1, -0.05) is 30.3 Å². The number of hydrogen-bond acceptors (Lipinski definition) is 6. The Hall–Kier alpha value is -1.82. The molecule has 2 aliphatic heterocycles. The van der Waals surface area contributed by atoms with Gasteiger partial charge < -0.3 is 4.74 Å². The van der Waals surface area contributed by atoms with E-state index in [4.69, 9.17) is 4.74 Å². The summed E-state index contributed by atoms with van der Waals surface area (Å²) < 4.78 is 61.5. The molecule has 10 heteroatoms. The van der Waals surface area contributed by atoms with Crippen LogP contribution >= 0.6 is 0 Å². The van der Waals surface area contributed by atoms with Crippen molar-refractivity contribution in [3.05, 3.63) is 60.2 Å². The van der Waals surface area contributed by atoms with E-state index in [1.807, 2.05) is 37.3 Å². The van der Waals surface area contributed by atoms with Crippen LogP contribution in [0.2, 0.25) is 0 Å². The third-order valence-electron chi connectivity index (χ3n) is 6.23. The largest absolute Gasteiger partial charge is 0.379 e. The van der Waals surface area contributed by atoms with Gasteiger partial charge in [0, 0.05) is 32.2 Å². The molecular weight excluding hydrogens is 462 g/mol. The minimum absolute atomic E-state index is 0.0449. The predicted molar refractivity (Wildman–Crippen MR) is 126 cm³/mol. The van der Waals surface area contributed by atoms with Gasteiger partial charge in [-0.2, -0.15) is 4.31 Å². The van der Waals surface area contributed by atoms with Crippen LogP contribution in [0.5, 0.6) is 0 Å². The van der Waals surface area contributed by atoms with Crippen molar-refractivity contribution in [2.24, 2.45) is 0 Å². The fourth-order valence-corrected chi connectivity index (χ4v) is 7.33. The molecule has 1 N–H and O–H groups in total. The molecule has 2 atom stereocenters. The molecule has 0 aromatic heterocycles. The van der Waals surface area contributed by atoms with Crippen molar-refractivity contribution in [1.29, 1.82) is 0 Å². The van der Waals surface area contributed by atoms with E-state index in [-0.39, 0.29) is 15.8 Å². The van der Waals surface area contributed by atoms with Gasteiger partial charge in [0.2, 0.25) is 20.0 Å². The fourth-order valence-electron chi connectivity index (χ4n) is 4.57. The van der Waals surface area contributed by atoms with Gasteiger partial charge in [0.25, 0.3) is 0 Å². The number of nitrogens with zero attached hydrogens (tertiary/aromatic N) is 2. The van der Waals surface area contributed by atoms with Crippen molar-refractivity contribution in [1.82, 2.24) is 13.9 Å². The second-order valence-electron chi connectivity index (χ2n) is 8.50. The maximum absolute atomic E-state index is 13.2. The van der Waals surface area contributed by atoms with Gasteiger partial charge in [0.05, 0.1) is 29.0 Å². The lowest BCUT2D eigenvalue weighted by molar-refractivity contribution is 0.0105. The molecule has 8 nitrogen and oxygen atoms in total. The first kappa shape index (κ1) is 24.3. The van der Waals surface area contributed by atoms with E-state index in [1.165, 1.54) is 28.6 Å². The maximum Gasteiger partial charge on any atom is 0.243 e. The Morgan fingerprint density at radius 2 is 1.39 bits per heavy atom. The molecule has 4 rings (SSSR count). The van der Waals surface area contributed by atoms with E-state index < -0.39 is 26.1 Å². The number of benzene rings is 2. The zero-order valence-electron chi connectivity index (χ0n) is 18.8. The Balaban J connectivity index is 1.54. The van der Waals surface area contributed by atoms with Gasteiger partial charge in [-0.15, -0.1) is 0 Å². The summed E-state index contributed by atoms with van der Waals surface area (Å²) in [5, 5.41) is 0. The first-order valence-corrected chi connectivity index (χ1v) is 14.2. The highest BCUT2D eigenvalue weighted by molar-refractivity contribution is 7.89. The first-order valence-electron chi connectivity index (χ1n) is 11.3. The van der Waals surface area contributed by atoms with Gasteiger partial charge in [-0.3, -0.25) is 4.90 Å². The zero-order chi connectivity index (χ0) is 23.5. The fraction of sp³-hybridized carbons (Fsp3) is 0.478. The third kappa shape index (κ3) is 5.47. The average Bonchev–Trinajstić information content (AvgIpc) is 3.36. The van der Waals surface area contributed by atoms with Gasteiger partial charge in [-0.25, -0.2) is 21.6 Å². The molecule has 2 saturated heterocycles. The summed E-state index contributed by atoms with van der Waals surface area (Å²) in [6.07, 6.45) is 1.69. The topological polar surface area (TPSA) is 96.0 Å². The summed E-state index contributed by atoms with van der Waals surface area (Å²) in [7, 11) is -7.44. The molecule has 0 radical (unpaired) electrons. The zero-order valence-corrected chi connectivity index (χ0v) is 20.4. The lowest BCUT2D eigenvalue weighted by atomic mass is 9.99. The monoisotopic (exact) mass is 493 g/mol. The highest BCUT2D eigenvalue weighted by Gasteiger charge is 2.31. The molecular formula is C23H31N3O5S2. The quantitative estimate of drug-likeness (QED) is 0.606. The summed E-state index contributed by atoms with van der Waals surface area (Å²) in [5.74, 6) is 0. The van der Waals surface area contributed by atoms with Crippen molar-refractivity contribution in [2.75, 3.05) is 39.4 Å². The maximum atomic E-state index is 13.2. The van der Waals surface area contributed by atoms with E-state index >= 15 is 0 Å². The highest BCUT2D eigenvalue weighted by atomic mass is 32.2. The van der Waals surface area contributed by atoms with Crippen LogP contribution in [-0.2, 0) is 24.8 Å². The van der Waals surface area contributed by atoms with Gasteiger partial charge in [0.15, 0.2) is 0 Å². The van der Waals surface area contributed by atoms with Crippen molar-refractivity contribution < 1.29 is 21.6 Å². The Morgan fingerprint density at radius 1 is 0.818 bits per heavy atom. The smallest absolute Gasteiger partial charge is 0.243 e. The van der Waals surface area contributed by atoms with Gasteiger partial charge in [-0.05, 0) is 49.6 Å². The van der Waals surface area contributed by atoms with Gasteiger partial charge >= 0.3 is 0 Å². The van der Waals surface area contributed by atoms with E-state index in [0.29, 0.717) is 39.4 Å². The lowest BCUT2D eigenvalue weighted by Gasteiger charge is -2.38. The van der Waals surface area contributed by atoms with Crippen LogP contribution in [0, 0.1) is 0 Å². The third-order valence-corrected chi connectivity index (χ3v) is 9.72. The number of rotatable bonds is 8. The van der Waals surface area contributed by atoms with Crippen molar-refractivity contribution in [3.8, 4) is 0 Å². The highest BCUT2D eigenvalue weighted by Crippen LogP contribution is 2.27. The second kappa shape index (κ2) is 10.2. The van der Waals surface area contributed by atoms with Crippen LogP contribution in [0.4, 0.5) is 0 Å². The van der Waals surface area contributed by atoms with Crippen LogP contribution in [0.3, 0.4) is 0 Å². The molecule has 0 amide bonds. The summed E-state index contributed by atoms with van der Waals surface area (Å²) in [6, 6.07) is 14.8. The second-order valence-corrected chi connectivity index (χ2v) is 12.1. The van der Waals surface area contributed by atoms with Crippen molar-refractivity contribution >= 4 is 20.0 Å². The van der Waals surface area contributed by atoms with Crippen LogP contribution < -0.4 is 4.72 Å². The first-order chi connectivity index (χ1) is 15.8. The number of ether oxygens (including phenoxy) is 1. The molecule has 0 aliphatic carbocycles. The van der Waals surface area contributed by atoms with Crippen LogP contribution in [0.15, 0.2) is 64.4 Å². The Kier molecular flexibility index (Phi) is 7.52. The minimum atomic E-state index is -3.85. The molecule has 2 aromatic carbocycles. The van der Waals surface area contributed by atoms with Crippen molar-refractivity contribution in [2.45, 2.75) is 41.6 Å². The molecule has 2 fully saturated rings. The molecule has 0 bridgehead atoms. The average molecular weight is 494 g/mol. The number of nitrogens with one attached hydrogen (secondary N) is 1. The molecule has 33 heavy (non-hydrogen) atoms. The molecule has 2 aromatic rings.